The SMILES string of the molecule is O=c1c2ncccc2c(-c2ccccc2)nn1Cc1ccncc1. The fourth-order valence-corrected chi connectivity index (χ4v) is 2.69. The third kappa shape index (κ3) is 2.56. The normalized spacial score (nSPS) is 10.8. The third-order valence-corrected chi connectivity index (χ3v) is 3.85. The number of hydrogen-bond acceptors (Lipinski definition) is 4. The van der Waals surface area contributed by atoms with Gasteiger partial charge in [-0.25, -0.2) is 4.68 Å². The fourth-order valence-electron chi connectivity index (χ4n) is 2.69. The van der Waals surface area contributed by atoms with E-state index in [2.05, 4.69) is 15.1 Å². The Morgan fingerprint density at radius 1 is 0.875 bits per heavy atom. The van der Waals surface area contributed by atoms with Crippen molar-refractivity contribution in [2.45, 2.75) is 6.54 Å². The Bertz CT molecular complexity index is 1040. The molecule has 0 aliphatic rings. The molecule has 1 aromatic carbocycles. The molecule has 3 heterocycles. The van der Waals surface area contributed by atoms with Crippen LogP contribution in [0.4, 0.5) is 0 Å². The molecule has 0 saturated carbocycles. The largest absolute Gasteiger partial charge is 0.293 e. The second-order valence-corrected chi connectivity index (χ2v) is 5.43. The zero-order valence-corrected chi connectivity index (χ0v) is 12.8. The van der Waals surface area contributed by atoms with Crippen LogP contribution in [0.5, 0.6) is 0 Å². The summed E-state index contributed by atoms with van der Waals surface area (Å²) >= 11 is 0. The molecule has 0 aliphatic carbocycles. The van der Waals surface area contributed by atoms with Gasteiger partial charge in [-0.1, -0.05) is 30.3 Å². The van der Waals surface area contributed by atoms with Crippen molar-refractivity contribution in [3.63, 3.8) is 0 Å². The molecule has 3 aromatic heterocycles. The summed E-state index contributed by atoms with van der Waals surface area (Å²) in [5.41, 5.74) is 2.92. The van der Waals surface area contributed by atoms with Crippen LogP contribution in [-0.2, 0) is 6.54 Å². The fraction of sp³-hybridized carbons (Fsp3) is 0.0526. The molecule has 0 N–H and O–H groups in total. The van der Waals surface area contributed by atoms with E-state index in [1.54, 1.807) is 18.6 Å². The molecule has 0 spiro atoms. The summed E-state index contributed by atoms with van der Waals surface area (Å²) in [4.78, 5) is 21.0. The minimum absolute atomic E-state index is 0.193. The number of rotatable bonds is 3. The molecule has 5 nitrogen and oxygen atoms in total. The van der Waals surface area contributed by atoms with E-state index < -0.39 is 0 Å². The summed E-state index contributed by atoms with van der Waals surface area (Å²) < 4.78 is 1.47. The van der Waals surface area contributed by atoms with Crippen molar-refractivity contribution in [3.05, 3.63) is 89.1 Å². The Morgan fingerprint density at radius 2 is 1.67 bits per heavy atom. The average Bonchev–Trinajstić information content (AvgIpc) is 2.66. The first kappa shape index (κ1) is 14.3. The number of benzene rings is 1. The van der Waals surface area contributed by atoms with Gasteiger partial charge in [0, 0.05) is 29.5 Å². The highest BCUT2D eigenvalue weighted by atomic mass is 16.1. The van der Waals surface area contributed by atoms with Crippen molar-refractivity contribution >= 4 is 10.9 Å². The quantitative estimate of drug-likeness (QED) is 0.583. The summed E-state index contributed by atoms with van der Waals surface area (Å²) in [6, 6.07) is 17.3. The molecule has 0 saturated heterocycles. The van der Waals surface area contributed by atoms with Crippen LogP contribution in [0.2, 0.25) is 0 Å². The average molecular weight is 314 g/mol. The van der Waals surface area contributed by atoms with E-state index in [1.165, 1.54) is 4.68 Å². The number of aromatic nitrogens is 4. The lowest BCUT2D eigenvalue weighted by Gasteiger charge is -2.10. The standard InChI is InChI=1S/C19H14N4O/c24-19-18-16(7-4-10-21-18)17(15-5-2-1-3-6-15)22-23(19)13-14-8-11-20-12-9-14/h1-12H,13H2. The highest BCUT2D eigenvalue weighted by Crippen LogP contribution is 2.23. The molecule has 4 aromatic rings. The van der Waals surface area contributed by atoms with Gasteiger partial charge < -0.3 is 0 Å². The van der Waals surface area contributed by atoms with Crippen LogP contribution >= 0.6 is 0 Å². The first-order valence-electron chi connectivity index (χ1n) is 7.63. The van der Waals surface area contributed by atoms with Crippen LogP contribution in [0.25, 0.3) is 22.2 Å². The van der Waals surface area contributed by atoms with Gasteiger partial charge in [0.1, 0.15) is 11.2 Å². The second-order valence-electron chi connectivity index (χ2n) is 5.43. The van der Waals surface area contributed by atoms with Gasteiger partial charge >= 0.3 is 0 Å². The minimum atomic E-state index is -0.193. The van der Waals surface area contributed by atoms with E-state index in [1.807, 2.05) is 54.6 Å². The Hall–Kier alpha value is -3.34. The Kier molecular flexibility index (Phi) is 3.59. The second kappa shape index (κ2) is 6.04. The molecule has 24 heavy (non-hydrogen) atoms. The van der Waals surface area contributed by atoms with E-state index in [4.69, 9.17) is 0 Å². The first-order chi connectivity index (χ1) is 11.8. The van der Waals surface area contributed by atoms with Gasteiger partial charge in [-0.3, -0.25) is 14.8 Å². The van der Waals surface area contributed by atoms with Crippen LogP contribution < -0.4 is 5.56 Å². The van der Waals surface area contributed by atoms with Crippen molar-refractivity contribution in [3.8, 4) is 11.3 Å². The monoisotopic (exact) mass is 314 g/mol. The van der Waals surface area contributed by atoms with Gasteiger partial charge in [0.05, 0.1) is 6.54 Å². The van der Waals surface area contributed by atoms with Crippen LogP contribution in [0.15, 0.2) is 78.0 Å². The summed E-state index contributed by atoms with van der Waals surface area (Å²) in [7, 11) is 0. The van der Waals surface area contributed by atoms with Gasteiger partial charge in [-0.2, -0.15) is 5.10 Å². The molecule has 0 unspecified atom stereocenters. The summed E-state index contributed by atoms with van der Waals surface area (Å²) in [5.74, 6) is 0. The van der Waals surface area contributed by atoms with E-state index in [0.29, 0.717) is 12.1 Å². The van der Waals surface area contributed by atoms with Crippen LogP contribution in [0.1, 0.15) is 5.56 Å². The van der Waals surface area contributed by atoms with Crippen molar-refractivity contribution in [2.75, 3.05) is 0 Å². The van der Waals surface area contributed by atoms with Gasteiger partial charge in [-0.15, -0.1) is 0 Å². The van der Waals surface area contributed by atoms with Crippen LogP contribution in [0, 0.1) is 0 Å². The van der Waals surface area contributed by atoms with Crippen LogP contribution in [0.3, 0.4) is 0 Å². The number of nitrogens with zero attached hydrogens (tertiary/aromatic N) is 4. The molecule has 0 amide bonds. The summed E-state index contributed by atoms with van der Waals surface area (Å²) in [6.45, 7) is 0.383. The number of fused-ring (bicyclic) bond motifs is 1. The molecule has 0 fully saturated rings. The topological polar surface area (TPSA) is 60.7 Å². The van der Waals surface area contributed by atoms with Gasteiger partial charge in [0.15, 0.2) is 0 Å². The first-order valence-corrected chi connectivity index (χ1v) is 7.63. The predicted octanol–water partition coefficient (Wildman–Crippen LogP) is 2.90. The highest BCUT2D eigenvalue weighted by Gasteiger charge is 2.13. The highest BCUT2D eigenvalue weighted by molar-refractivity contribution is 5.91. The van der Waals surface area contributed by atoms with Gasteiger partial charge in [0.25, 0.3) is 5.56 Å². The lowest BCUT2D eigenvalue weighted by Crippen LogP contribution is -2.25. The molecule has 0 aliphatic heterocycles. The van der Waals surface area contributed by atoms with Crippen molar-refractivity contribution < 1.29 is 0 Å². The molecule has 4 rings (SSSR count). The molecule has 0 bridgehead atoms. The lowest BCUT2D eigenvalue weighted by atomic mass is 10.1. The number of pyridine rings is 2. The third-order valence-electron chi connectivity index (χ3n) is 3.85. The Balaban J connectivity index is 1.95. The molecule has 116 valence electrons. The van der Waals surface area contributed by atoms with E-state index >= 15 is 0 Å². The van der Waals surface area contributed by atoms with Crippen LogP contribution in [-0.4, -0.2) is 19.7 Å². The van der Waals surface area contributed by atoms with Crippen molar-refractivity contribution in [1.29, 1.82) is 0 Å². The molecule has 0 atom stereocenters. The minimum Gasteiger partial charge on any atom is -0.265 e. The maximum absolute atomic E-state index is 12.7. The Labute approximate surface area is 138 Å². The smallest absolute Gasteiger partial charge is 0.265 e. The van der Waals surface area contributed by atoms with E-state index in [-0.39, 0.29) is 5.56 Å². The molecule has 0 radical (unpaired) electrons. The zero-order chi connectivity index (χ0) is 16.4. The van der Waals surface area contributed by atoms with Gasteiger partial charge in [0.2, 0.25) is 0 Å². The van der Waals surface area contributed by atoms with Gasteiger partial charge in [-0.05, 0) is 29.8 Å². The molecule has 5 heteroatoms. The lowest BCUT2D eigenvalue weighted by molar-refractivity contribution is 0.649. The number of hydrogen-bond donors (Lipinski definition) is 0. The van der Waals surface area contributed by atoms with E-state index in [9.17, 15) is 4.79 Å². The predicted molar refractivity (Wildman–Crippen MR) is 92.6 cm³/mol. The zero-order valence-electron chi connectivity index (χ0n) is 12.8. The summed E-state index contributed by atoms with van der Waals surface area (Å²) in [6.07, 6.45) is 5.05. The maximum atomic E-state index is 12.7. The Morgan fingerprint density at radius 3 is 2.46 bits per heavy atom. The van der Waals surface area contributed by atoms with Crippen molar-refractivity contribution in [2.24, 2.45) is 0 Å². The van der Waals surface area contributed by atoms with E-state index in [0.717, 1.165) is 22.2 Å². The molecular weight excluding hydrogens is 300 g/mol. The molecular formula is C19H14N4O. The summed E-state index contributed by atoms with van der Waals surface area (Å²) in [5, 5.41) is 5.37. The van der Waals surface area contributed by atoms with Crippen molar-refractivity contribution in [1.82, 2.24) is 19.7 Å². The maximum Gasteiger partial charge on any atom is 0.293 e.